The highest BCUT2D eigenvalue weighted by Crippen LogP contribution is 2.37. The molecule has 1 aromatic heterocycles. The summed E-state index contributed by atoms with van der Waals surface area (Å²) >= 11 is 7.92. The van der Waals surface area contributed by atoms with E-state index in [1.54, 1.807) is 11.3 Å². The molecule has 1 saturated heterocycles. The number of thiophene rings is 1. The number of rotatable bonds is 5. The highest BCUT2D eigenvalue weighted by atomic mass is 35.5. The van der Waals surface area contributed by atoms with Crippen molar-refractivity contribution in [1.29, 1.82) is 0 Å². The molecule has 1 fully saturated rings. The molecule has 1 aliphatic carbocycles. The van der Waals surface area contributed by atoms with E-state index in [1.807, 2.05) is 0 Å². The molecule has 3 rings (SSSR count). The number of nitrogens with zero attached hydrogens (tertiary/aromatic N) is 1. The van der Waals surface area contributed by atoms with Crippen molar-refractivity contribution in [3.8, 4) is 0 Å². The van der Waals surface area contributed by atoms with Gasteiger partial charge in [-0.2, -0.15) is 0 Å². The Kier molecular flexibility index (Phi) is 4.80. The van der Waals surface area contributed by atoms with E-state index >= 15 is 0 Å². The highest BCUT2D eigenvalue weighted by Gasteiger charge is 2.22. The first kappa shape index (κ1) is 13.9. The lowest BCUT2D eigenvalue weighted by atomic mass is 9.94. The minimum absolute atomic E-state index is 0.547. The maximum atomic E-state index is 6.15. The van der Waals surface area contributed by atoms with E-state index in [2.05, 4.69) is 16.3 Å². The van der Waals surface area contributed by atoms with Crippen LogP contribution >= 0.6 is 22.9 Å². The molecular weight excluding hydrogens is 276 g/mol. The molecule has 1 N–H and O–H groups in total. The second-order valence-corrected chi connectivity index (χ2v) is 7.50. The van der Waals surface area contributed by atoms with Crippen molar-refractivity contribution < 1.29 is 0 Å². The van der Waals surface area contributed by atoms with Gasteiger partial charge in [-0.25, -0.2) is 0 Å². The maximum absolute atomic E-state index is 6.15. The molecule has 1 atom stereocenters. The third-order valence-corrected chi connectivity index (χ3v) is 5.66. The highest BCUT2D eigenvalue weighted by molar-refractivity contribution is 7.16. The molecule has 0 radical (unpaired) electrons. The summed E-state index contributed by atoms with van der Waals surface area (Å²) in [5.74, 6) is 0. The monoisotopic (exact) mass is 298 g/mol. The van der Waals surface area contributed by atoms with Gasteiger partial charge in [-0.15, -0.1) is 11.3 Å². The van der Waals surface area contributed by atoms with Crippen LogP contribution in [0, 0.1) is 0 Å². The summed E-state index contributed by atoms with van der Waals surface area (Å²) in [4.78, 5) is 4.10. The van der Waals surface area contributed by atoms with Crippen molar-refractivity contribution in [1.82, 2.24) is 10.2 Å². The van der Waals surface area contributed by atoms with Crippen molar-refractivity contribution in [3.05, 3.63) is 20.8 Å². The van der Waals surface area contributed by atoms with Crippen LogP contribution in [0.1, 0.15) is 48.6 Å². The summed E-state index contributed by atoms with van der Waals surface area (Å²) in [6.45, 7) is 5.02. The van der Waals surface area contributed by atoms with Crippen LogP contribution in [0.3, 0.4) is 0 Å². The summed E-state index contributed by atoms with van der Waals surface area (Å²) in [7, 11) is 0. The van der Waals surface area contributed by atoms with E-state index in [4.69, 9.17) is 11.6 Å². The first-order valence-electron chi connectivity index (χ1n) is 7.57. The minimum Gasteiger partial charge on any atom is -0.310 e. The molecule has 0 bridgehead atoms. The third kappa shape index (κ3) is 3.52. The zero-order valence-electron chi connectivity index (χ0n) is 11.5. The van der Waals surface area contributed by atoms with Gasteiger partial charge in [-0.05, 0) is 76.3 Å². The van der Waals surface area contributed by atoms with Gasteiger partial charge in [-0.1, -0.05) is 11.6 Å². The number of aryl methyl sites for hydroxylation is 1. The Labute approximate surface area is 125 Å². The number of halogens is 1. The number of fused-ring (bicyclic) bond motifs is 1. The lowest BCUT2D eigenvalue weighted by Crippen LogP contribution is -2.28. The molecule has 0 spiro atoms. The van der Waals surface area contributed by atoms with Gasteiger partial charge in [0.15, 0.2) is 0 Å². The molecule has 2 aliphatic rings. The largest absolute Gasteiger partial charge is 0.310 e. The molecule has 1 aliphatic heterocycles. The van der Waals surface area contributed by atoms with E-state index in [0.29, 0.717) is 6.04 Å². The summed E-state index contributed by atoms with van der Waals surface area (Å²) in [5, 5.41) is 3.74. The van der Waals surface area contributed by atoms with Crippen molar-refractivity contribution in [2.45, 2.75) is 44.6 Å². The normalized spacial score (nSPS) is 23.7. The van der Waals surface area contributed by atoms with Crippen LogP contribution in [-0.2, 0) is 6.42 Å². The van der Waals surface area contributed by atoms with E-state index in [9.17, 15) is 0 Å². The van der Waals surface area contributed by atoms with Crippen LogP contribution in [0.2, 0.25) is 4.34 Å². The van der Waals surface area contributed by atoms with Crippen molar-refractivity contribution in [2.24, 2.45) is 0 Å². The Morgan fingerprint density at radius 1 is 1.32 bits per heavy atom. The second kappa shape index (κ2) is 6.57. The van der Waals surface area contributed by atoms with Crippen LogP contribution in [-0.4, -0.2) is 31.1 Å². The Morgan fingerprint density at radius 2 is 2.16 bits per heavy atom. The van der Waals surface area contributed by atoms with E-state index in [1.165, 1.54) is 68.6 Å². The van der Waals surface area contributed by atoms with E-state index in [-0.39, 0.29) is 0 Å². The third-order valence-electron chi connectivity index (χ3n) is 4.32. The summed E-state index contributed by atoms with van der Waals surface area (Å²) < 4.78 is 0.954. The fourth-order valence-electron chi connectivity index (χ4n) is 3.32. The number of hydrogen-bond acceptors (Lipinski definition) is 3. The standard InChI is InChI=1S/C15H23ClN2S/c16-15-11-12-13(5-3-6-14(12)19-15)17-7-4-10-18-8-1-2-9-18/h11,13,17H,1-10H2. The van der Waals surface area contributed by atoms with Gasteiger partial charge in [-0.3, -0.25) is 0 Å². The van der Waals surface area contributed by atoms with Gasteiger partial charge < -0.3 is 10.2 Å². The van der Waals surface area contributed by atoms with Gasteiger partial charge in [0.2, 0.25) is 0 Å². The number of nitrogens with one attached hydrogen (secondary N) is 1. The zero-order valence-corrected chi connectivity index (χ0v) is 13.0. The quantitative estimate of drug-likeness (QED) is 0.831. The first-order chi connectivity index (χ1) is 9.33. The molecule has 1 aromatic rings. The minimum atomic E-state index is 0.547. The Hall–Kier alpha value is -0.0900. The molecular formula is C15H23ClN2S. The molecule has 106 valence electrons. The summed E-state index contributed by atoms with van der Waals surface area (Å²) in [5.41, 5.74) is 1.47. The molecule has 19 heavy (non-hydrogen) atoms. The Balaban J connectivity index is 1.45. The smallest absolute Gasteiger partial charge is 0.0934 e. The van der Waals surface area contributed by atoms with E-state index in [0.717, 1.165) is 10.9 Å². The molecule has 1 unspecified atom stereocenters. The number of hydrogen-bond donors (Lipinski definition) is 1. The van der Waals surface area contributed by atoms with Crippen LogP contribution in [0.15, 0.2) is 6.07 Å². The average Bonchev–Trinajstić information content (AvgIpc) is 3.02. The van der Waals surface area contributed by atoms with Crippen LogP contribution in [0.4, 0.5) is 0 Å². The lowest BCUT2D eigenvalue weighted by Gasteiger charge is -2.24. The molecule has 0 saturated carbocycles. The molecule has 2 heterocycles. The van der Waals surface area contributed by atoms with Gasteiger partial charge in [0.1, 0.15) is 0 Å². The lowest BCUT2D eigenvalue weighted by molar-refractivity contribution is 0.325. The SMILES string of the molecule is Clc1cc2c(s1)CCCC2NCCCN1CCCC1. The summed E-state index contributed by atoms with van der Waals surface area (Å²) in [6, 6.07) is 2.73. The van der Waals surface area contributed by atoms with Gasteiger partial charge in [0.05, 0.1) is 4.34 Å². The zero-order chi connectivity index (χ0) is 13.1. The first-order valence-corrected chi connectivity index (χ1v) is 8.76. The Morgan fingerprint density at radius 3 is 3.00 bits per heavy atom. The molecule has 2 nitrogen and oxygen atoms in total. The Bertz CT molecular complexity index is 412. The molecule has 0 amide bonds. The topological polar surface area (TPSA) is 15.3 Å². The van der Waals surface area contributed by atoms with Gasteiger partial charge >= 0.3 is 0 Å². The fraction of sp³-hybridized carbons (Fsp3) is 0.733. The average molecular weight is 299 g/mol. The van der Waals surface area contributed by atoms with Crippen LogP contribution in [0.25, 0.3) is 0 Å². The number of likely N-dealkylation sites (tertiary alicyclic amines) is 1. The van der Waals surface area contributed by atoms with Crippen LogP contribution < -0.4 is 5.32 Å². The van der Waals surface area contributed by atoms with Gasteiger partial charge in [0, 0.05) is 10.9 Å². The van der Waals surface area contributed by atoms with Crippen molar-refractivity contribution in [3.63, 3.8) is 0 Å². The predicted molar refractivity (Wildman–Crippen MR) is 83.3 cm³/mol. The van der Waals surface area contributed by atoms with E-state index < -0.39 is 0 Å². The molecule has 4 heteroatoms. The van der Waals surface area contributed by atoms with Crippen molar-refractivity contribution >= 4 is 22.9 Å². The second-order valence-electron chi connectivity index (χ2n) is 5.73. The molecule has 0 aromatic carbocycles. The van der Waals surface area contributed by atoms with Crippen LogP contribution in [0.5, 0.6) is 0 Å². The van der Waals surface area contributed by atoms with Crippen molar-refractivity contribution in [2.75, 3.05) is 26.2 Å². The van der Waals surface area contributed by atoms with Gasteiger partial charge in [0.25, 0.3) is 0 Å². The maximum Gasteiger partial charge on any atom is 0.0934 e. The predicted octanol–water partition coefficient (Wildman–Crippen LogP) is 3.85. The fourth-order valence-corrected chi connectivity index (χ4v) is 4.70. The summed E-state index contributed by atoms with van der Waals surface area (Å²) in [6.07, 6.45) is 7.85.